The third-order valence-corrected chi connectivity index (χ3v) is 4.25. The SMILES string of the molecule is CCC(C)NC(=NCC(=O)N(C)C)NCCc1nc(C(F)(F)F)cs1. The van der Waals surface area contributed by atoms with Crippen LogP contribution < -0.4 is 10.6 Å². The quantitative estimate of drug-likeness (QED) is 0.563. The van der Waals surface area contributed by atoms with E-state index in [1.54, 1.807) is 14.1 Å². The molecule has 0 fully saturated rings. The molecular weight excluding hydrogens is 355 g/mol. The van der Waals surface area contributed by atoms with Crippen LogP contribution in [0.1, 0.15) is 31.0 Å². The number of thiazole rings is 1. The van der Waals surface area contributed by atoms with Crippen LogP contribution in [0.4, 0.5) is 13.2 Å². The number of hydrogen-bond donors (Lipinski definition) is 2. The van der Waals surface area contributed by atoms with Crippen molar-refractivity contribution in [2.24, 2.45) is 4.99 Å². The standard InChI is InChI=1S/C15H24F3N5OS/c1-5-10(2)21-14(20-8-13(24)23(3)4)19-7-6-12-22-11(9-25-12)15(16,17)18/h9-10H,5-8H2,1-4H3,(H2,19,20,21). The molecule has 0 spiro atoms. The number of nitrogens with one attached hydrogen (secondary N) is 2. The normalized spacial score (nSPS) is 13.5. The first-order valence-corrected chi connectivity index (χ1v) is 8.78. The number of alkyl halides is 3. The zero-order chi connectivity index (χ0) is 19.0. The Morgan fingerprint density at radius 2 is 2.12 bits per heavy atom. The van der Waals surface area contributed by atoms with Crippen LogP contribution in [0.15, 0.2) is 10.4 Å². The van der Waals surface area contributed by atoms with Gasteiger partial charge in [0.1, 0.15) is 6.54 Å². The fourth-order valence-electron chi connectivity index (χ4n) is 1.62. The summed E-state index contributed by atoms with van der Waals surface area (Å²) in [5, 5.41) is 7.58. The zero-order valence-electron chi connectivity index (χ0n) is 14.8. The van der Waals surface area contributed by atoms with Crippen LogP contribution >= 0.6 is 11.3 Å². The second kappa shape index (κ2) is 9.59. The molecule has 6 nitrogen and oxygen atoms in total. The molecule has 0 bridgehead atoms. The van der Waals surface area contributed by atoms with Crippen molar-refractivity contribution in [1.82, 2.24) is 20.5 Å². The predicted molar refractivity (Wildman–Crippen MR) is 92.7 cm³/mol. The molecule has 1 heterocycles. The highest BCUT2D eigenvalue weighted by molar-refractivity contribution is 7.09. The minimum Gasteiger partial charge on any atom is -0.356 e. The molecule has 0 aromatic carbocycles. The summed E-state index contributed by atoms with van der Waals surface area (Å²) in [6.07, 6.45) is -3.22. The smallest absolute Gasteiger partial charge is 0.356 e. The molecule has 1 atom stereocenters. The van der Waals surface area contributed by atoms with Crippen LogP contribution in [0, 0.1) is 0 Å². The van der Waals surface area contributed by atoms with Crippen LogP contribution in [0.5, 0.6) is 0 Å². The maximum absolute atomic E-state index is 12.5. The lowest BCUT2D eigenvalue weighted by Gasteiger charge is -2.17. The van der Waals surface area contributed by atoms with Crippen molar-refractivity contribution >= 4 is 23.2 Å². The summed E-state index contributed by atoms with van der Waals surface area (Å²) in [5.41, 5.74) is -0.865. The molecule has 0 saturated heterocycles. The van der Waals surface area contributed by atoms with Gasteiger partial charge in [0.05, 0.1) is 5.01 Å². The lowest BCUT2D eigenvalue weighted by Crippen LogP contribution is -2.43. The second-order valence-corrected chi connectivity index (χ2v) is 6.65. The van der Waals surface area contributed by atoms with Crippen LogP contribution in [0.2, 0.25) is 0 Å². The van der Waals surface area contributed by atoms with E-state index in [4.69, 9.17) is 0 Å². The summed E-state index contributed by atoms with van der Waals surface area (Å²) in [5.74, 6) is 0.317. The van der Waals surface area contributed by atoms with Gasteiger partial charge in [0.15, 0.2) is 11.7 Å². The molecule has 25 heavy (non-hydrogen) atoms. The summed E-state index contributed by atoms with van der Waals surface area (Å²) >= 11 is 0.976. The van der Waals surface area contributed by atoms with Crippen LogP contribution in [-0.2, 0) is 17.4 Å². The maximum Gasteiger partial charge on any atom is 0.434 e. The van der Waals surface area contributed by atoms with E-state index in [1.165, 1.54) is 4.90 Å². The van der Waals surface area contributed by atoms with E-state index in [-0.39, 0.29) is 18.5 Å². The Hall–Kier alpha value is -1.84. The minimum atomic E-state index is -4.42. The molecule has 1 aromatic rings. The summed E-state index contributed by atoms with van der Waals surface area (Å²) in [4.78, 5) is 20.9. The maximum atomic E-state index is 12.5. The van der Waals surface area contributed by atoms with E-state index < -0.39 is 11.9 Å². The number of amides is 1. The van der Waals surface area contributed by atoms with E-state index in [0.717, 1.165) is 23.1 Å². The Kier molecular flexibility index (Phi) is 8.14. The van der Waals surface area contributed by atoms with E-state index in [1.807, 2.05) is 13.8 Å². The van der Waals surface area contributed by atoms with Crippen molar-refractivity contribution in [3.05, 3.63) is 16.1 Å². The van der Waals surface area contributed by atoms with Gasteiger partial charge in [-0.2, -0.15) is 13.2 Å². The number of rotatable bonds is 7. The Morgan fingerprint density at radius 3 is 2.64 bits per heavy atom. The van der Waals surface area contributed by atoms with Crippen LogP contribution in [-0.4, -0.2) is 55.0 Å². The summed E-state index contributed by atoms with van der Waals surface area (Å²) in [6.45, 7) is 4.34. The van der Waals surface area contributed by atoms with Gasteiger partial charge in [0, 0.05) is 38.5 Å². The van der Waals surface area contributed by atoms with Crippen molar-refractivity contribution in [2.45, 2.75) is 38.9 Å². The van der Waals surface area contributed by atoms with Crippen LogP contribution in [0.3, 0.4) is 0 Å². The van der Waals surface area contributed by atoms with Gasteiger partial charge in [-0.05, 0) is 13.3 Å². The Balaban J connectivity index is 2.61. The highest BCUT2D eigenvalue weighted by atomic mass is 32.1. The van der Waals surface area contributed by atoms with Crippen molar-refractivity contribution in [1.29, 1.82) is 0 Å². The van der Waals surface area contributed by atoms with Gasteiger partial charge in [0.2, 0.25) is 5.91 Å². The molecule has 0 radical (unpaired) electrons. The Bertz CT molecular complexity index is 586. The first kappa shape index (κ1) is 21.2. The predicted octanol–water partition coefficient (Wildman–Crippen LogP) is 2.13. The zero-order valence-corrected chi connectivity index (χ0v) is 15.6. The summed E-state index contributed by atoms with van der Waals surface area (Å²) < 4.78 is 37.6. The average molecular weight is 379 g/mol. The van der Waals surface area contributed by atoms with Gasteiger partial charge in [-0.15, -0.1) is 11.3 Å². The van der Waals surface area contributed by atoms with E-state index in [0.29, 0.717) is 23.9 Å². The monoisotopic (exact) mass is 379 g/mol. The minimum absolute atomic E-state index is 0.00571. The molecular formula is C15H24F3N5OS. The first-order valence-electron chi connectivity index (χ1n) is 7.90. The lowest BCUT2D eigenvalue weighted by atomic mass is 10.3. The number of carbonyl (C=O) groups is 1. The van der Waals surface area contributed by atoms with E-state index >= 15 is 0 Å². The molecule has 1 aromatic heterocycles. The molecule has 1 rings (SSSR count). The van der Waals surface area contributed by atoms with Crippen molar-refractivity contribution in [2.75, 3.05) is 27.2 Å². The molecule has 0 saturated carbocycles. The molecule has 2 N–H and O–H groups in total. The van der Waals surface area contributed by atoms with Crippen LogP contribution in [0.25, 0.3) is 0 Å². The van der Waals surface area contributed by atoms with Gasteiger partial charge < -0.3 is 15.5 Å². The van der Waals surface area contributed by atoms with Gasteiger partial charge in [-0.3, -0.25) is 4.79 Å². The number of nitrogens with zero attached hydrogens (tertiary/aromatic N) is 3. The van der Waals surface area contributed by atoms with Gasteiger partial charge >= 0.3 is 6.18 Å². The number of guanidine groups is 1. The number of hydrogen-bond acceptors (Lipinski definition) is 4. The molecule has 10 heteroatoms. The Labute approximate surface area is 149 Å². The van der Waals surface area contributed by atoms with E-state index in [2.05, 4.69) is 20.6 Å². The summed E-state index contributed by atoms with van der Waals surface area (Å²) in [6, 6.07) is 0.150. The van der Waals surface area contributed by atoms with Gasteiger partial charge in [-0.1, -0.05) is 6.92 Å². The summed E-state index contributed by atoms with van der Waals surface area (Å²) in [7, 11) is 3.29. The van der Waals surface area contributed by atoms with Crippen molar-refractivity contribution in [3.8, 4) is 0 Å². The number of likely N-dealkylation sites (N-methyl/N-ethyl adjacent to an activating group) is 1. The van der Waals surface area contributed by atoms with Crippen molar-refractivity contribution in [3.63, 3.8) is 0 Å². The molecule has 0 aliphatic rings. The number of halogens is 3. The largest absolute Gasteiger partial charge is 0.434 e. The highest BCUT2D eigenvalue weighted by Crippen LogP contribution is 2.29. The van der Waals surface area contributed by atoms with Gasteiger partial charge in [-0.25, -0.2) is 9.98 Å². The number of carbonyl (C=O) groups excluding carboxylic acids is 1. The number of aliphatic imine (C=N–C) groups is 1. The molecule has 1 unspecified atom stereocenters. The molecule has 0 aliphatic heterocycles. The third-order valence-electron chi connectivity index (χ3n) is 3.34. The Morgan fingerprint density at radius 1 is 1.44 bits per heavy atom. The average Bonchev–Trinajstić information content (AvgIpc) is 3.00. The molecule has 142 valence electrons. The highest BCUT2D eigenvalue weighted by Gasteiger charge is 2.33. The van der Waals surface area contributed by atoms with E-state index in [9.17, 15) is 18.0 Å². The molecule has 1 amide bonds. The van der Waals surface area contributed by atoms with Crippen molar-refractivity contribution < 1.29 is 18.0 Å². The lowest BCUT2D eigenvalue weighted by molar-refractivity contribution is -0.140. The number of aromatic nitrogens is 1. The molecule has 0 aliphatic carbocycles. The topological polar surface area (TPSA) is 69.6 Å². The van der Waals surface area contributed by atoms with Gasteiger partial charge in [0.25, 0.3) is 0 Å². The third kappa shape index (κ3) is 7.72. The fraction of sp³-hybridized carbons (Fsp3) is 0.667. The second-order valence-electron chi connectivity index (χ2n) is 5.71. The fourth-order valence-corrected chi connectivity index (χ4v) is 2.42. The first-order chi connectivity index (χ1) is 11.6.